The van der Waals surface area contributed by atoms with Crippen LogP contribution in [0.25, 0.3) is 0 Å². The summed E-state index contributed by atoms with van der Waals surface area (Å²) in [4.78, 5) is 26.6. The van der Waals surface area contributed by atoms with Gasteiger partial charge in [-0.1, -0.05) is 35.9 Å². The van der Waals surface area contributed by atoms with Crippen LogP contribution in [-0.4, -0.2) is 18.4 Å². The molecular formula is C20H19NO3. The SMILES string of the molecule is Cc1ccc2c(c1)CCCN2C(=O)CC1OC(=O)c2ccccc21. The summed E-state index contributed by atoms with van der Waals surface area (Å²) in [6.07, 6.45) is 1.68. The number of anilines is 1. The molecule has 4 nitrogen and oxygen atoms in total. The number of esters is 1. The molecule has 4 heteroatoms. The summed E-state index contributed by atoms with van der Waals surface area (Å²) in [7, 11) is 0. The highest BCUT2D eigenvalue weighted by Crippen LogP contribution is 2.35. The van der Waals surface area contributed by atoms with Gasteiger partial charge in [0.1, 0.15) is 6.10 Å². The van der Waals surface area contributed by atoms with Gasteiger partial charge in [-0.05, 0) is 37.5 Å². The third kappa shape index (κ3) is 2.48. The number of ether oxygens (including phenoxy) is 1. The average Bonchev–Trinajstić information content (AvgIpc) is 2.90. The second kappa shape index (κ2) is 5.78. The molecule has 0 saturated heterocycles. The lowest BCUT2D eigenvalue weighted by Crippen LogP contribution is -2.36. The Balaban J connectivity index is 1.58. The van der Waals surface area contributed by atoms with Crippen LogP contribution in [0.3, 0.4) is 0 Å². The summed E-state index contributed by atoms with van der Waals surface area (Å²) in [5.74, 6) is -0.327. The van der Waals surface area contributed by atoms with E-state index in [1.54, 1.807) is 6.07 Å². The summed E-state index contributed by atoms with van der Waals surface area (Å²) in [6, 6.07) is 13.5. The molecule has 0 fully saturated rings. The first-order valence-electron chi connectivity index (χ1n) is 8.33. The van der Waals surface area contributed by atoms with E-state index in [0.717, 1.165) is 30.6 Å². The molecule has 2 aliphatic rings. The number of amides is 1. The molecule has 0 N–H and O–H groups in total. The largest absolute Gasteiger partial charge is 0.453 e. The topological polar surface area (TPSA) is 46.6 Å². The van der Waals surface area contributed by atoms with Crippen molar-refractivity contribution in [1.82, 2.24) is 0 Å². The van der Waals surface area contributed by atoms with Crippen LogP contribution in [-0.2, 0) is 16.0 Å². The van der Waals surface area contributed by atoms with E-state index in [-0.39, 0.29) is 18.3 Å². The molecule has 0 bridgehead atoms. The molecule has 2 aromatic carbocycles. The molecule has 0 radical (unpaired) electrons. The Hall–Kier alpha value is -2.62. The van der Waals surface area contributed by atoms with E-state index in [0.29, 0.717) is 5.56 Å². The monoisotopic (exact) mass is 321 g/mol. The predicted molar refractivity (Wildman–Crippen MR) is 91.1 cm³/mol. The molecule has 0 saturated carbocycles. The standard InChI is InChI=1S/C20H19NO3/c1-13-8-9-17-14(11-13)5-4-10-21(17)19(22)12-18-15-6-2-3-7-16(15)20(23)24-18/h2-3,6-9,11,18H,4-5,10,12H2,1H3. The third-order valence-corrected chi connectivity index (χ3v) is 4.79. The molecule has 1 amide bonds. The van der Waals surface area contributed by atoms with Gasteiger partial charge in [0.15, 0.2) is 0 Å². The first-order valence-corrected chi connectivity index (χ1v) is 8.33. The number of nitrogens with zero attached hydrogens (tertiary/aromatic N) is 1. The number of fused-ring (bicyclic) bond motifs is 2. The lowest BCUT2D eigenvalue weighted by atomic mass is 9.98. The molecule has 0 aliphatic carbocycles. The predicted octanol–water partition coefficient (Wildman–Crippen LogP) is 3.58. The van der Waals surface area contributed by atoms with Gasteiger partial charge in [0.05, 0.1) is 12.0 Å². The van der Waals surface area contributed by atoms with Crippen molar-refractivity contribution >= 4 is 17.6 Å². The smallest absolute Gasteiger partial charge is 0.339 e. The zero-order chi connectivity index (χ0) is 16.7. The second-order valence-electron chi connectivity index (χ2n) is 6.47. The van der Waals surface area contributed by atoms with Crippen LogP contribution in [0.5, 0.6) is 0 Å². The van der Waals surface area contributed by atoms with E-state index in [1.807, 2.05) is 35.2 Å². The highest BCUT2D eigenvalue weighted by Gasteiger charge is 2.34. The number of rotatable bonds is 2. The van der Waals surface area contributed by atoms with Crippen molar-refractivity contribution in [2.75, 3.05) is 11.4 Å². The normalized spacial score (nSPS) is 18.8. The Morgan fingerprint density at radius 3 is 2.96 bits per heavy atom. The van der Waals surface area contributed by atoms with Gasteiger partial charge in [-0.15, -0.1) is 0 Å². The molecular weight excluding hydrogens is 302 g/mol. The van der Waals surface area contributed by atoms with Gasteiger partial charge in [-0.25, -0.2) is 4.79 Å². The number of benzene rings is 2. The Kier molecular flexibility index (Phi) is 3.60. The van der Waals surface area contributed by atoms with Crippen molar-refractivity contribution in [3.8, 4) is 0 Å². The number of carbonyl (C=O) groups is 2. The van der Waals surface area contributed by atoms with E-state index >= 15 is 0 Å². The van der Waals surface area contributed by atoms with Crippen molar-refractivity contribution < 1.29 is 14.3 Å². The Bertz CT molecular complexity index is 827. The Morgan fingerprint density at radius 1 is 1.25 bits per heavy atom. The average molecular weight is 321 g/mol. The minimum Gasteiger partial charge on any atom is -0.453 e. The maximum Gasteiger partial charge on any atom is 0.339 e. The lowest BCUT2D eigenvalue weighted by Gasteiger charge is -2.30. The van der Waals surface area contributed by atoms with Gasteiger partial charge in [0.2, 0.25) is 5.91 Å². The third-order valence-electron chi connectivity index (χ3n) is 4.79. The second-order valence-corrected chi connectivity index (χ2v) is 6.47. The van der Waals surface area contributed by atoms with E-state index in [4.69, 9.17) is 4.74 Å². The maximum absolute atomic E-state index is 12.9. The molecule has 1 atom stereocenters. The van der Waals surface area contributed by atoms with E-state index < -0.39 is 6.10 Å². The number of hydrogen-bond acceptors (Lipinski definition) is 3. The Morgan fingerprint density at radius 2 is 2.08 bits per heavy atom. The number of aryl methyl sites for hydroxylation is 2. The minimum atomic E-state index is -0.475. The van der Waals surface area contributed by atoms with E-state index in [1.165, 1.54) is 11.1 Å². The summed E-state index contributed by atoms with van der Waals surface area (Å²) < 4.78 is 5.41. The van der Waals surface area contributed by atoms with E-state index in [2.05, 4.69) is 13.0 Å². The number of hydrogen-bond donors (Lipinski definition) is 0. The first kappa shape index (κ1) is 14.9. The van der Waals surface area contributed by atoms with Crippen molar-refractivity contribution in [2.45, 2.75) is 32.3 Å². The maximum atomic E-state index is 12.9. The van der Waals surface area contributed by atoms with Gasteiger partial charge in [-0.3, -0.25) is 4.79 Å². The van der Waals surface area contributed by atoms with Crippen LogP contribution in [0.2, 0.25) is 0 Å². The fourth-order valence-corrected chi connectivity index (χ4v) is 3.63. The molecule has 0 spiro atoms. The van der Waals surface area contributed by atoms with Crippen LogP contribution in [0.1, 0.15) is 46.0 Å². The molecule has 2 aliphatic heterocycles. The van der Waals surface area contributed by atoms with Gasteiger partial charge in [-0.2, -0.15) is 0 Å². The summed E-state index contributed by atoms with van der Waals surface area (Å²) in [6.45, 7) is 2.78. The van der Waals surface area contributed by atoms with Gasteiger partial charge in [0, 0.05) is 17.8 Å². The van der Waals surface area contributed by atoms with Crippen LogP contribution >= 0.6 is 0 Å². The van der Waals surface area contributed by atoms with E-state index in [9.17, 15) is 9.59 Å². The highest BCUT2D eigenvalue weighted by atomic mass is 16.5. The molecule has 24 heavy (non-hydrogen) atoms. The van der Waals surface area contributed by atoms with Crippen molar-refractivity contribution in [2.24, 2.45) is 0 Å². The van der Waals surface area contributed by atoms with Crippen molar-refractivity contribution in [3.05, 3.63) is 64.7 Å². The van der Waals surface area contributed by atoms with Crippen LogP contribution < -0.4 is 4.90 Å². The van der Waals surface area contributed by atoms with Crippen LogP contribution in [0.4, 0.5) is 5.69 Å². The molecule has 1 unspecified atom stereocenters. The fourth-order valence-electron chi connectivity index (χ4n) is 3.63. The molecule has 4 rings (SSSR count). The lowest BCUT2D eigenvalue weighted by molar-refractivity contribution is -0.120. The zero-order valence-electron chi connectivity index (χ0n) is 13.6. The van der Waals surface area contributed by atoms with Crippen LogP contribution in [0, 0.1) is 6.92 Å². The minimum absolute atomic E-state index is 0.00862. The fraction of sp³-hybridized carbons (Fsp3) is 0.300. The number of carbonyl (C=O) groups excluding carboxylic acids is 2. The Labute approximate surface area is 141 Å². The number of cyclic esters (lactones) is 1. The highest BCUT2D eigenvalue weighted by molar-refractivity contribution is 5.98. The molecule has 122 valence electrons. The summed E-state index contributed by atoms with van der Waals surface area (Å²) >= 11 is 0. The summed E-state index contributed by atoms with van der Waals surface area (Å²) in [5, 5.41) is 0. The zero-order valence-corrected chi connectivity index (χ0v) is 13.6. The molecule has 0 aromatic heterocycles. The first-order chi connectivity index (χ1) is 11.6. The molecule has 2 heterocycles. The summed E-state index contributed by atoms with van der Waals surface area (Å²) in [5.41, 5.74) is 4.82. The van der Waals surface area contributed by atoms with Gasteiger partial charge >= 0.3 is 5.97 Å². The van der Waals surface area contributed by atoms with Crippen molar-refractivity contribution in [3.63, 3.8) is 0 Å². The molecule has 2 aromatic rings. The van der Waals surface area contributed by atoms with Crippen LogP contribution in [0.15, 0.2) is 42.5 Å². The van der Waals surface area contributed by atoms with Crippen molar-refractivity contribution in [1.29, 1.82) is 0 Å². The van der Waals surface area contributed by atoms with Gasteiger partial charge in [0.25, 0.3) is 0 Å². The van der Waals surface area contributed by atoms with Gasteiger partial charge < -0.3 is 9.64 Å². The quantitative estimate of drug-likeness (QED) is 0.794.